The zero-order valence-electron chi connectivity index (χ0n) is 8.90. The fourth-order valence-electron chi connectivity index (χ4n) is 1.32. The summed E-state index contributed by atoms with van der Waals surface area (Å²) in [5.74, 6) is 0.921. The molecule has 6 heteroatoms. The second-order valence-corrected chi connectivity index (χ2v) is 4.27. The molecule has 0 aromatic carbocycles. The first-order valence-electron chi connectivity index (χ1n) is 4.62. The van der Waals surface area contributed by atoms with Gasteiger partial charge in [0.1, 0.15) is 5.69 Å². The largest absolute Gasteiger partial charge is 0.393 e. The minimum atomic E-state index is -0.390. The molecule has 0 saturated carbocycles. The van der Waals surface area contributed by atoms with E-state index in [0.29, 0.717) is 6.54 Å². The maximum absolute atomic E-state index is 11.6. The molecule has 0 bridgehead atoms. The molecule has 0 aliphatic heterocycles. The van der Waals surface area contributed by atoms with Crippen LogP contribution in [0.15, 0.2) is 15.8 Å². The summed E-state index contributed by atoms with van der Waals surface area (Å²) in [5.41, 5.74) is 4.91. The lowest BCUT2D eigenvalue weighted by atomic mass is 10.4. The van der Waals surface area contributed by atoms with Gasteiger partial charge in [-0.2, -0.15) is 11.8 Å². The Morgan fingerprint density at radius 1 is 1.47 bits per heavy atom. The molecular weight excluding hydrogens is 214 g/mol. The Morgan fingerprint density at radius 2 is 2.13 bits per heavy atom. The van der Waals surface area contributed by atoms with Gasteiger partial charge in [0.2, 0.25) is 0 Å². The minimum absolute atomic E-state index is 0.112. The quantitative estimate of drug-likeness (QED) is 0.731. The van der Waals surface area contributed by atoms with Gasteiger partial charge >= 0.3 is 5.69 Å². The van der Waals surface area contributed by atoms with Crippen molar-refractivity contribution in [3.8, 4) is 0 Å². The molecule has 0 aliphatic carbocycles. The first-order chi connectivity index (χ1) is 7.07. The van der Waals surface area contributed by atoms with Crippen molar-refractivity contribution in [3.63, 3.8) is 0 Å². The third-order valence-corrected chi connectivity index (χ3v) is 2.78. The van der Waals surface area contributed by atoms with Gasteiger partial charge in [-0.25, -0.2) is 4.79 Å². The van der Waals surface area contributed by atoms with Gasteiger partial charge in [0, 0.05) is 19.8 Å². The van der Waals surface area contributed by atoms with Crippen molar-refractivity contribution in [2.75, 3.05) is 17.7 Å². The fraction of sp³-hybridized carbons (Fsp3) is 0.556. The number of nitrogens with two attached hydrogens (primary N) is 1. The van der Waals surface area contributed by atoms with E-state index in [0.717, 1.165) is 12.2 Å². The summed E-state index contributed by atoms with van der Waals surface area (Å²) >= 11 is 1.69. The molecule has 15 heavy (non-hydrogen) atoms. The van der Waals surface area contributed by atoms with Gasteiger partial charge in [0.15, 0.2) is 0 Å². The van der Waals surface area contributed by atoms with Gasteiger partial charge < -0.3 is 10.3 Å². The molecule has 0 fully saturated rings. The highest BCUT2D eigenvalue weighted by molar-refractivity contribution is 7.98. The molecule has 0 spiro atoms. The monoisotopic (exact) mass is 229 g/mol. The van der Waals surface area contributed by atoms with Crippen LogP contribution in [0.5, 0.6) is 0 Å². The highest BCUT2D eigenvalue weighted by Gasteiger charge is 2.06. The molecule has 1 rings (SSSR count). The maximum Gasteiger partial charge on any atom is 0.330 e. The van der Waals surface area contributed by atoms with Crippen molar-refractivity contribution < 1.29 is 0 Å². The van der Waals surface area contributed by atoms with Crippen LogP contribution in [0.1, 0.15) is 6.42 Å². The number of aromatic nitrogens is 2. The number of nitrogens with zero attached hydrogens (tertiary/aromatic N) is 2. The summed E-state index contributed by atoms with van der Waals surface area (Å²) < 4.78 is 2.52. The van der Waals surface area contributed by atoms with Crippen molar-refractivity contribution in [3.05, 3.63) is 27.0 Å². The first-order valence-corrected chi connectivity index (χ1v) is 6.02. The van der Waals surface area contributed by atoms with E-state index in [1.54, 1.807) is 18.8 Å². The van der Waals surface area contributed by atoms with E-state index in [9.17, 15) is 9.59 Å². The molecule has 1 heterocycles. The van der Waals surface area contributed by atoms with Gasteiger partial charge in [-0.3, -0.25) is 9.36 Å². The van der Waals surface area contributed by atoms with Gasteiger partial charge in [-0.15, -0.1) is 0 Å². The maximum atomic E-state index is 11.6. The molecule has 0 radical (unpaired) electrons. The van der Waals surface area contributed by atoms with E-state index in [2.05, 4.69) is 0 Å². The Labute approximate surface area is 91.9 Å². The first kappa shape index (κ1) is 11.9. The molecule has 1 aromatic heterocycles. The summed E-state index contributed by atoms with van der Waals surface area (Å²) in [7, 11) is 1.59. The molecule has 0 unspecified atom stereocenters. The van der Waals surface area contributed by atoms with Gasteiger partial charge in [-0.1, -0.05) is 0 Å². The van der Waals surface area contributed by atoms with E-state index < -0.39 is 0 Å². The average Bonchev–Trinajstić information content (AvgIpc) is 2.20. The summed E-state index contributed by atoms with van der Waals surface area (Å²) in [4.78, 5) is 23.2. The molecule has 0 amide bonds. The zero-order chi connectivity index (χ0) is 11.4. The Kier molecular flexibility index (Phi) is 4.02. The number of anilines is 1. The van der Waals surface area contributed by atoms with Crippen LogP contribution in [0.4, 0.5) is 5.69 Å². The molecule has 2 N–H and O–H groups in total. The molecule has 5 nitrogen and oxygen atoms in total. The Balaban J connectivity index is 3.05. The van der Waals surface area contributed by atoms with E-state index in [1.807, 2.05) is 6.26 Å². The van der Waals surface area contributed by atoms with Crippen LogP contribution in [0.3, 0.4) is 0 Å². The van der Waals surface area contributed by atoms with Crippen molar-refractivity contribution in [2.24, 2.45) is 7.05 Å². The van der Waals surface area contributed by atoms with Gasteiger partial charge in [0.05, 0.1) is 0 Å². The lowest BCUT2D eigenvalue weighted by Gasteiger charge is -2.07. The number of aryl methyl sites for hydroxylation is 1. The van der Waals surface area contributed by atoms with Crippen LogP contribution in [-0.2, 0) is 13.6 Å². The Hall–Kier alpha value is -1.17. The predicted molar refractivity (Wildman–Crippen MR) is 63.4 cm³/mol. The standard InChI is InChI=1S/C9H15N3O2S/c1-11-6-7(10)8(13)12(9(11)14)4-3-5-15-2/h6H,3-5,10H2,1-2H3. The van der Waals surface area contributed by atoms with E-state index in [-0.39, 0.29) is 16.9 Å². The summed E-state index contributed by atoms with van der Waals surface area (Å²) in [6.45, 7) is 0.428. The highest BCUT2D eigenvalue weighted by Crippen LogP contribution is 1.96. The minimum Gasteiger partial charge on any atom is -0.393 e. The smallest absolute Gasteiger partial charge is 0.330 e. The lowest BCUT2D eigenvalue weighted by Crippen LogP contribution is -2.39. The third-order valence-electron chi connectivity index (χ3n) is 2.09. The van der Waals surface area contributed by atoms with Gasteiger partial charge in [0.25, 0.3) is 5.56 Å². The van der Waals surface area contributed by atoms with Crippen LogP contribution < -0.4 is 17.0 Å². The third kappa shape index (κ3) is 2.65. The van der Waals surface area contributed by atoms with Crippen LogP contribution in [0.2, 0.25) is 0 Å². The number of rotatable bonds is 4. The van der Waals surface area contributed by atoms with Gasteiger partial charge in [-0.05, 0) is 18.4 Å². The second-order valence-electron chi connectivity index (χ2n) is 3.28. The number of hydrogen-bond acceptors (Lipinski definition) is 4. The van der Waals surface area contributed by atoms with E-state index in [4.69, 9.17) is 5.73 Å². The van der Waals surface area contributed by atoms with E-state index in [1.165, 1.54) is 15.3 Å². The van der Waals surface area contributed by atoms with Crippen molar-refractivity contribution in [1.82, 2.24) is 9.13 Å². The Morgan fingerprint density at radius 3 is 2.73 bits per heavy atom. The fourth-order valence-corrected chi connectivity index (χ4v) is 1.73. The van der Waals surface area contributed by atoms with Crippen LogP contribution in [0.25, 0.3) is 0 Å². The van der Waals surface area contributed by atoms with Crippen molar-refractivity contribution in [2.45, 2.75) is 13.0 Å². The predicted octanol–water partition coefficient (Wildman–Crippen LogP) is -0.118. The SMILES string of the molecule is CSCCCn1c(=O)c(N)cn(C)c1=O. The van der Waals surface area contributed by atoms with Crippen molar-refractivity contribution >= 4 is 17.4 Å². The molecule has 0 aliphatic rings. The molecular formula is C9H15N3O2S. The lowest BCUT2D eigenvalue weighted by molar-refractivity contribution is 0.586. The molecule has 84 valence electrons. The molecule has 1 aromatic rings. The Bertz CT molecular complexity index is 415. The summed E-state index contributed by atoms with van der Waals surface area (Å²) in [6, 6.07) is 0. The topological polar surface area (TPSA) is 70.0 Å². The second kappa shape index (κ2) is 5.06. The zero-order valence-corrected chi connectivity index (χ0v) is 9.71. The normalized spacial score (nSPS) is 10.5. The number of nitrogen functional groups attached to an aromatic ring is 1. The highest BCUT2D eigenvalue weighted by atomic mass is 32.2. The van der Waals surface area contributed by atoms with Crippen LogP contribution >= 0.6 is 11.8 Å². The van der Waals surface area contributed by atoms with E-state index >= 15 is 0 Å². The number of thioether (sulfide) groups is 1. The summed E-state index contributed by atoms with van der Waals surface area (Å²) in [5, 5.41) is 0. The van der Waals surface area contributed by atoms with Crippen LogP contribution in [0, 0.1) is 0 Å². The van der Waals surface area contributed by atoms with Crippen molar-refractivity contribution in [1.29, 1.82) is 0 Å². The molecule has 0 saturated heterocycles. The summed E-state index contributed by atoms with van der Waals surface area (Å²) in [6.07, 6.45) is 4.13. The average molecular weight is 229 g/mol. The van der Waals surface area contributed by atoms with Crippen LogP contribution in [-0.4, -0.2) is 21.1 Å². The molecule has 0 atom stereocenters. The number of hydrogen-bond donors (Lipinski definition) is 1.